The average Bonchev–Trinajstić information content (AvgIpc) is 3.09. The molecular weight excluding hydrogens is 471 g/mol. The van der Waals surface area contributed by atoms with Crippen LogP contribution < -0.4 is 5.56 Å². The van der Waals surface area contributed by atoms with Crippen LogP contribution >= 0.6 is 22.6 Å². The quantitative estimate of drug-likeness (QED) is 0.186. The molecule has 0 aliphatic carbocycles. The molecule has 0 radical (unpaired) electrons. The van der Waals surface area contributed by atoms with E-state index >= 15 is 0 Å². The summed E-state index contributed by atoms with van der Waals surface area (Å²) in [6, 6.07) is 10.8. The van der Waals surface area contributed by atoms with Crippen molar-refractivity contribution >= 4 is 45.2 Å². The zero-order chi connectivity index (χ0) is 19.8. The number of carbonyl (C=O) groups excluding carboxylic acids is 2. The van der Waals surface area contributed by atoms with E-state index in [1.807, 2.05) is 46.9 Å². The number of halogens is 1. The molecule has 0 N–H and O–H groups in total. The minimum absolute atomic E-state index is 0.0778. The Morgan fingerprint density at radius 2 is 2.04 bits per heavy atom. The van der Waals surface area contributed by atoms with Crippen molar-refractivity contribution in [3.05, 3.63) is 63.4 Å². The summed E-state index contributed by atoms with van der Waals surface area (Å²) in [5.41, 5.74) is 3.94. The highest BCUT2D eigenvalue weighted by molar-refractivity contribution is 14.1. The molecule has 0 bridgehead atoms. The SMILES string of the molecule is CCC(=O)c1cc2n(c(=O)c1)Cc1c-2nc2ccccc2c1COC(=O)CI. The largest absolute Gasteiger partial charge is 0.460 e. The van der Waals surface area contributed by atoms with Gasteiger partial charge >= 0.3 is 5.97 Å². The average molecular weight is 488 g/mol. The smallest absolute Gasteiger partial charge is 0.316 e. The van der Waals surface area contributed by atoms with Gasteiger partial charge in [0.2, 0.25) is 0 Å². The van der Waals surface area contributed by atoms with Crippen LogP contribution in [0.25, 0.3) is 22.3 Å². The molecule has 3 aromatic rings. The van der Waals surface area contributed by atoms with Gasteiger partial charge in [0.05, 0.1) is 27.9 Å². The number of ketones is 1. The minimum atomic E-state index is -0.293. The predicted octanol–water partition coefficient (Wildman–Crippen LogP) is 3.50. The molecule has 0 amide bonds. The van der Waals surface area contributed by atoms with Crippen LogP contribution in [-0.2, 0) is 22.7 Å². The molecule has 142 valence electrons. The molecule has 7 heteroatoms. The van der Waals surface area contributed by atoms with Crippen molar-refractivity contribution in [3.8, 4) is 11.4 Å². The molecule has 0 spiro atoms. The Hall–Kier alpha value is -2.55. The van der Waals surface area contributed by atoms with Gasteiger partial charge in [0.15, 0.2) is 5.78 Å². The lowest BCUT2D eigenvalue weighted by Crippen LogP contribution is -2.20. The Kier molecular flexibility index (Phi) is 5.01. The van der Waals surface area contributed by atoms with Crippen LogP contribution in [-0.4, -0.2) is 25.7 Å². The molecule has 3 heterocycles. The van der Waals surface area contributed by atoms with Crippen molar-refractivity contribution in [2.75, 3.05) is 4.43 Å². The fourth-order valence-corrected chi connectivity index (χ4v) is 3.76. The van der Waals surface area contributed by atoms with Crippen molar-refractivity contribution in [1.29, 1.82) is 0 Å². The number of para-hydroxylation sites is 1. The summed E-state index contributed by atoms with van der Waals surface area (Å²) in [7, 11) is 0. The van der Waals surface area contributed by atoms with Gasteiger partial charge in [0.1, 0.15) is 6.61 Å². The molecule has 1 aliphatic heterocycles. The number of Topliss-reactive ketones (excluding diaryl/α,β-unsaturated/α-hetero) is 1. The first-order valence-electron chi connectivity index (χ1n) is 8.94. The summed E-state index contributed by atoms with van der Waals surface area (Å²) in [4.78, 5) is 41.2. The standard InChI is InChI=1S/C21H17IN2O4/c1-2-18(25)12-7-17-21-14(10-24(17)19(26)8-12)15(11-28-20(27)9-22)13-5-3-4-6-16(13)23-21/h3-8H,2,9-11H2,1H3. The number of aromatic nitrogens is 2. The first kappa shape index (κ1) is 18.8. The third kappa shape index (κ3) is 3.13. The van der Waals surface area contributed by atoms with Gasteiger partial charge in [-0.25, -0.2) is 4.98 Å². The fraction of sp³-hybridized carbons (Fsp3) is 0.238. The molecule has 0 unspecified atom stereocenters. The first-order chi connectivity index (χ1) is 13.5. The van der Waals surface area contributed by atoms with Crippen molar-refractivity contribution in [1.82, 2.24) is 9.55 Å². The third-order valence-corrected chi connectivity index (χ3v) is 5.55. The number of rotatable bonds is 5. The van der Waals surface area contributed by atoms with Gasteiger partial charge in [0.25, 0.3) is 5.56 Å². The minimum Gasteiger partial charge on any atom is -0.460 e. The molecule has 0 saturated carbocycles. The fourth-order valence-electron chi connectivity index (χ4n) is 3.54. The van der Waals surface area contributed by atoms with Gasteiger partial charge in [0, 0.05) is 34.6 Å². The van der Waals surface area contributed by atoms with Crippen LogP contribution in [0.15, 0.2) is 41.2 Å². The van der Waals surface area contributed by atoms with Crippen LogP contribution in [0.3, 0.4) is 0 Å². The number of hydrogen-bond donors (Lipinski definition) is 0. The van der Waals surface area contributed by atoms with E-state index in [0.717, 1.165) is 22.0 Å². The number of benzene rings is 1. The van der Waals surface area contributed by atoms with E-state index in [4.69, 9.17) is 9.72 Å². The van der Waals surface area contributed by atoms with Crippen molar-refractivity contribution < 1.29 is 14.3 Å². The zero-order valence-electron chi connectivity index (χ0n) is 15.2. The summed E-state index contributed by atoms with van der Waals surface area (Å²) in [6.07, 6.45) is 0.332. The Balaban J connectivity index is 1.93. The highest BCUT2D eigenvalue weighted by Gasteiger charge is 2.27. The maximum Gasteiger partial charge on any atom is 0.316 e. The van der Waals surface area contributed by atoms with Gasteiger partial charge in [-0.2, -0.15) is 0 Å². The van der Waals surface area contributed by atoms with Crippen LogP contribution in [0.1, 0.15) is 34.8 Å². The molecule has 2 aromatic heterocycles. The lowest BCUT2D eigenvalue weighted by atomic mass is 10.0. The Bertz CT molecular complexity index is 1180. The van der Waals surface area contributed by atoms with E-state index in [1.165, 1.54) is 6.07 Å². The summed E-state index contributed by atoms with van der Waals surface area (Å²) >= 11 is 1.96. The molecule has 0 saturated heterocycles. The number of hydrogen-bond acceptors (Lipinski definition) is 5. The monoisotopic (exact) mass is 488 g/mol. The number of ether oxygens (including phenoxy) is 1. The maximum absolute atomic E-state index is 12.6. The van der Waals surface area contributed by atoms with Crippen molar-refractivity contribution in [2.45, 2.75) is 26.5 Å². The molecule has 6 nitrogen and oxygen atoms in total. The van der Waals surface area contributed by atoms with E-state index in [2.05, 4.69) is 0 Å². The van der Waals surface area contributed by atoms with Crippen molar-refractivity contribution in [3.63, 3.8) is 0 Å². The van der Waals surface area contributed by atoms with Gasteiger partial charge in [-0.3, -0.25) is 14.4 Å². The number of nitrogens with zero attached hydrogens (tertiary/aromatic N) is 2. The van der Waals surface area contributed by atoms with E-state index in [9.17, 15) is 14.4 Å². The lowest BCUT2D eigenvalue weighted by Gasteiger charge is -2.12. The summed E-state index contributed by atoms with van der Waals surface area (Å²) in [6.45, 7) is 2.24. The van der Waals surface area contributed by atoms with E-state index < -0.39 is 0 Å². The Morgan fingerprint density at radius 1 is 1.25 bits per heavy atom. The predicted molar refractivity (Wildman–Crippen MR) is 114 cm³/mol. The Labute approximate surface area is 174 Å². The number of carbonyl (C=O) groups is 2. The summed E-state index contributed by atoms with van der Waals surface area (Å²) in [5.74, 6) is -0.371. The maximum atomic E-state index is 12.6. The topological polar surface area (TPSA) is 78.3 Å². The van der Waals surface area contributed by atoms with Gasteiger partial charge in [-0.15, -0.1) is 0 Å². The second-order valence-corrected chi connectivity index (χ2v) is 7.32. The first-order valence-corrected chi connectivity index (χ1v) is 10.5. The van der Waals surface area contributed by atoms with Gasteiger partial charge in [-0.05, 0) is 12.1 Å². The van der Waals surface area contributed by atoms with E-state index in [-0.39, 0.29) is 28.3 Å². The van der Waals surface area contributed by atoms with Crippen LogP contribution in [0, 0.1) is 0 Å². The van der Waals surface area contributed by atoms with Crippen LogP contribution in [0.5, 0.6) is 0 Å². The molecule has 4 rings (SSSR count). The Morgan fingerprint density at radius 3 is 2.79 bits per heavy atom. The van der Waals surface area contributed by atoms with Crippen molar-refractivity contribution in [2.24, 2.45) is 0 Å². The molecule has 1 aliphatic rings. The second-order valence-electron chi connectivity index (χ2n) is 6.56. The van der Waals surface area contributed by atoms with Gasteiger partial charge < -0.3 is 9.30 Å². The highest BCUT2D eigenvalue weighted by Crippen LogP contribution is 2.35. The highest BCUT2D eigenvalue weighted by atomic mass is 127. The number of pyridine rings is 2. The second kappa shape index (κ2) is 7.46. The number of alkyl halides is 1. The lowest BCUT2D eigenvalue weighted by molar-refractivity contribution is -0.141. The van der Waals surface area contributed by atoms with Crippen LogP contribution in [0.4, 0.5) is 0 Å². The zero-order valence-corrected chi connectivity index (χ0v) is 17.4. The summed E-state index contributed by atoms with van der Waals surface area (Å²) < 4.78 is 7.29. The summed E-state index contributed by atoms with van der Waals surface area (Å²) in [5, 5.41) is 0.897. The van der Waals surface area contributed by atoms with E-state index in [0.29, 0.717) is 29.9 Å². The third-order valence-electron chi connectivity index (χ3n) is 4.93. The van der Waals surface area contributed by atoms with Crippen LogP contribution in [0.2, 0.25) is 0 Å². The number of fused-ring (bicyclic) bond motifs is 4. The van der Waals surface area contributed by atoms with Gasteiger partial charge in [-0.1, -0.05) is 47.7 Å². The normalized spacial score (nSPS) is 11.9. The molecule has 0 atom stereocenters. The molecular formula is C21H17IN2O4. The molecule has 1 aromatic carbocycles. The molecule has 28 heavy (non-hydrogen) atoms. The molecule has 0 fully saturated rings. The van der Waals surface area contributed by atoms with E-state index in [1.54, 1.807) is 17.6 Å². The number of esters is 1.